The maximum Gasteiger partial charge on any atom is 0.323 e. The van der Waals surface area contributed by atoms with Crippen molar-refractivity contribution >= 4 is 29.5 Å². The van der Waals surface area contributed by atoms with Crippen LogP contribution in [0, 0.1) is 0 Å². The van der Waals surface area contributed by atoms with E-state index in [1.54, 1.807) is 42.6 Å². The summed E-state index contributed by atoms with van der Waals surface area (Å²) in [5.41, 5.74) is 5.48. The van der Waals surface area contributed by atoms with E-state index in [0.29, 0.717) is 16.9 Å². The molecule has 6 nitrogen and oxygen atoms in total. The molecular weight excluding hydrogens is 364 g/mol. The second-order valence-electron chi connectivity index (χ2n) is 6.30. The second-order valence-corrected chi connectivity index (χ2v) is 6.30. The summed E-state index contributed by atoms with van der Waals surface area (Å²) in [7, 11) is 0. The van der Waals surface area contributed by atoms with E-state index in [-0.39, 0.29) is 11.9 Å². The Morgan fingerprint density at radius 2 is 1.34 bits per heavy atom. The van der Waals surface area contributed by atoms with E-state index in [2.05, 4.69) is 33.3 Å². The number of urea groups is 1. The van der Waals surface area contributed by atoms with Gasteiger partial charge >= 0.3 is 6.03 Å². The fourth-order valence-corrected chi connectivity index (χ4v) is 2.63. The van der Waals surface area contributed by atoms with Gasteiger partial charge in [0, 0.05) is 23.2 Å². The molecule has 0 fully saturated rings. The summed E-state index contributed by atoms with van der Waals surface area (Å²) in [5.74, 6) is -0.304. The largest absolute Gasteiger partial charge is 0.323 e. The van der Waals surface area contributed by atoms with Crippen molar-refractivity contribution in [3.63, 3.8) is 0 Å². The molecule has 0 aliphatic heterocycles. The fraction of sp³-hybridized carbons (Fsp3) is 0.0870. The van der Waals surface area contributed by atoms with Crippen LogP contribution >= 0.6 is 0 Å². The Kier molecular flexibility index (Phi) is 7.12. The molecule has 0 saturated heterocycles. The van der Waals surface area contributed by atoms with Gasteiger partial charge in [0.15, 0.2) is 0 Å². The summed E-state index contributed by atoms with van der Waals surface area (Å²) in [6, 6.07) is 25.5. The van der Waals surface area contributed by atoms with Crippen molar-refractivity contribution in [2.45, 2.75) is 12.8 Å². The molecule has 0 heterocycles. The molecule has 3 rings (SSSR count). The van der Waals surface area contributed by atoms with Gasteiger partial charge in [0.2, 0.25) is 0 Å². The number of amides is 3. The predicted octanol–water partition coefficient (Wildman–Crippen LogP) is 4.68. The van der Waals surface area contributed by atoms with E-state index in [1.165, 1.54) is 5.56 Å². The summed E-state index contributed by atoms with van der Waals surface area (Å²) in [6.07, 6.45) is 3.30. The Morgan fingerprint density at radius 1 is 0.759 bits per heavy atom. The summed E-state index contributed by atoms with van der Waals surface area (Å²) in [6.45, 7) is 0. The van der Waals surface area contributed by atoms with E-state index in [4.69, 9.17) is 0 Å². The molecule has 0 aliphatic carbocycles. The third-order valence-electron chi connectivity index (χ3n) is 4.10. The number of hydrazone groups is 1. The molecular formula is C23H22N4O2. The van der Waals surface area contributed by atoms with Crippen molar-refractivity contribution in [2.75, 3.05) is 10.6 Å². The first-order chi connectivity index (χ1) is 14.2. The highest BCUT2D eigenvalue weighted by Crippen LogP contribution is 2.11. The highest BCUT2D eigenvalue weighted by Gasteiger charge is 2.06. The number of nitrogens with one attached hydrogen (secondary N) is 3. The van der Waals surface area contributed by atoms with Crippen LogP contribution in [0.2, 0.25) is 0 Å². The lowest BCUT2D eigenvalue weighted by molar-refractivity contribution is 0.0955. The lowest BCUT2D eigenvalue weighted by Gasteiger charge is -2.08. The summed E-state index contributed by atoms with van der Waals surface area (Å²) in [5, 5.41) is 9.43. The van der Waals surface area contributed by atoms with Crippen molar-refractivity contribution in [3.8, 4) is 0 Å². The number of hydrogen-bond donors (Lipinski definition) is 3. The topological polar surface area (TPSA) is 82.6 Å². The number of benzene rings is 3. The molecule has 0 saturated carbocycles. The van der Waals surface area contributed by atoms with Gasteiger partial charge in [0.05, 0.1) is 0 Å². The highest BCUT2D eigenvalue weighted by atomic mass is 16.2. The van der Waals surface area contributed by atoms with Gasteiger partial charge in [-0.2, -0.15) is 5.10 Å². The van der Waals surface area contributed by atoms with E-state index in [1.807, 2.05) is 36.4 Å². The molecule has 146 valence electrons. The van der Waals surface area contributed by atoms with Crippen LogP contribution in [-0.4, -0.2) is 18.2 Å². The van der Waals surface area contributed by atoms with Crippen molar-refractivity contribution in [3.05, 3.63) is 96.1 Å². The van der Waals surface area contributed by atoms with Crippen molar-refractivity contribution in [1.82, 2.24) is 5.43 Å². The minimum atomic E-state index is -0.351. The molecule has 3 amide bonds. The van der Waals surface area contributed by atoms with E-state index in [9.17, 15) is 9.59 Å². The number of rotatable bonds is 7. The Hall–Kier alpha value is -3.93. The van der Waals surface area contributed by atoms with Crippen LogP contribution in [-0.2, 0) is 6.42 Å². The minimum Gasteiger partial charge on any atom is -0.308 e. The van der Waals surface area contributed by atoms with E-state index in [0.717, 1.165) is 12.8 Å². The number of anilines is 2. The SMILES string of the molecule is O=C(Nc1ccccc1)Nc1ccc(C(=O)N/N=C\CCc2ccccc2)cc1. The van der Waals surface area contributed by atoms with Crippen LogP contribution in [0.25, 0.3) is 0 Å². The van der Waals surface area contributed by atoms with E-state index < -0.39 is 0 Å². The molecule has 0 spiro atoms. The highest BCUT2D eigenvalue weighted by molar-refractivity contribution is 6.00. The zero-order chi connectivity index (χ0) is 20.3. The van der Waals surface area contributed by atoms with Gasteiger partial charge in [-0.25, -0.2) is 10.2 Å². The lowest BCUT2D eigenvalue weighted by atomic mass is 10.1. The first kappa shape index (κ1) is 19.8. The van der Waals surface area contributed by atoms with E-state index >= 15 is 0 Å². The number of nitrogens with zero attached hydrogens (tertiary/aromatic N) is 1. The molecule has 0 radical (unpaired) electrons. The molecule has 29 heavy (non-hydrogen) atoms. The number of hydrogen-bond acceptors (Lipinski definition) is 3. The Morgan fingerprint density at radius 3 is 2.00 bits per heavy atom. The van der Waals surface area contributed by atoms with Crippen LogP contribution in [0.3, 0.4) is 0 Å². The molecule has 0 bridgehead atoms. The maximum absolute atomic E-state index is 12.1. The first-order valence-corrected chi connectivity index (χ1v) is 9.29. The van der Waals surface area contributed by atoms with Gasteiger partial charge in [0.25, 0.3) is 5.91 Å². The summed E-state index contributed by atoms with van der Waals surface area (Å²) >= 11 is 0. The van der Waals surface area contributed by atoms with Crippen LogP contribution in [0.5, 0.6) is 0 Å². The fourth-order valence-electron chi connectivity index (χ4n) is 2.63. The second kappa shape index (κ2) is 10.4. The summed E-state index contributed by atoms with van der Waals surface area (Å²) < 4.78 is 0. The zero-order valence-electron chi connectivity index (χ0n) is 15.8. The average molecular weight is 386 g/mol. The number of carbonyl (C=O) groups excluding carboxylic acids is 2. The molecule has 3 N–H and O–H groups in total. The Bertz CT molecular complexity index is 955. The van der Waals surface area contributed by atoms with Crippen LogP contribution in [0.4, 0.5) is 16.2 Å². The Balaban J connectivity index is 1.43. The van der Waals surface area contributed by atoms with Crippen molar-refractivity contribution < 1.29 is 9.59 Å². The van der Waals surface area contributed by atoms with Gasteiger partial charge in [-0.15, -0.1) is 0 Å². The molecule has 0 aliphatic rings. The number of para-hydroxylation sites is 1. The summed E-state index contributed by atoms with van der Waals surface area (Å²) in [4.78, 5) is 24.1. The molecule has 0 unspecified atom stereocenters. The Labute approximate surface area is 169 Å². The average Bonchev–Trinajstić information content (AvgIpc) is 2.75. The molecule has 3 aromatic rings. The van der Waals surface area contributed by atoms with Crippen molar-refractivity contribution in [1.29, 1.82) is 0 Å². The van der Waals surface area contributed by atoms with Gasteiger partial charge < -0.3 is 10.6 Å². The first-order valence-electron chi connectivity index (χ1n) is 9.29. The standard InChI is InChI=1S/C23H22N4O2/c28-22(27-24-17-7-10-18-8-3-1-4-9-18)19-13-15-21(16-14-19)26-23(29)25-20-11-5-2-6-12-20/h1-6,8-9,11-17H,7,10H2,(H,27,28)(H2,25,26,29)/b24-17-. The van der Waals surface area contributed by atoms with Crippen molar-refractivity contribution in [2.24, 2.45) is 5.10 Å². The smallest absolute Gasteiger partial charge is 0.308 e. The lowest BCUT2D eigenvalue weighted by Crippen LogP contribution is -2.20. The molecule has 0 atom stereocenters. The zero-order valence-corrected chi connectivity index (χ0v) is 15.8. The van der Waals surface area contributed by atoms with Crippen LogP contribution in [0.15, 0.2) is 90.0 Å². The van der Waals surface area contributed by atoms with Gasteiger partial charge in [-0.05, 0) is 54.8 Å². The number of carbonyl (C=O) groups is 2. The molecule has 6 heteroatoms. The maximum atomic E-state index is 12.1. The quantitative estimate of drug-likeness (QED) is 0.407. The monoisotopic (exact) mass is 386 g/mol. The van der Waals surface area contributed by atoms with Crippen LogP contribution in [0.1, 0.15) is 22.3 Å². The third-order valence-corrected chi connectivity index (χ3v) is 4.10. The third kappa shape index (κ3) is 6.62. The van der Waals surface area contributed by atoms with Gasteiger partial charge in [-0.3, -0.25) is 4.79 Å². The normalized spacial score (nSPS) is 10.5. The van der Waals surface area contributed by atoms with Gasteiger partial charge in [-0.1, -0.05) is 48.5 Å². The molecule has 0 aromatic heterocycles. The predicted molar refractivity (Wildman–Crippen MR) is 116 cm³/mol. The number of aryl methyl sites for hydroxylation is 1. The minimum absolute atomic E-state index is 0.304. The molecule has 3 aromatic carbocycles. The van der Waals surface area contributed by atoms with Gasteiger partial charge in [0.1, 0.15) is 0 Å². The van der Waals surface area contributed by atoms with Crippen LogP contribution < -0.4 is 16.1 Å².